The minimum Gasteiger partial charge on any atom is -0.395 e. The van der Waals surface area contributed by atoms with Crippen LogP contribution in [0.3, 0.4) is 0 Å². The Hall–Kier alpha value is -0.850. The number of aliphatic hydroxyl groups excluding tert-OH is 2. The van der Waals surface area contributed by atoms with Gasteiger partial charge >= 0.3 is 0 Å². The van der Waals surface area contributed by atoms with E-state index in [1.165, 1.54) is 18.1 Å². The number of thioether (sulfide) groups is 1. The first-order chi connectivity index (χ1) is 7.22. The highest BCUT2D eigenvalue weighted by Gasteiger charge is 2.36. The van der Waals surface area contributed by atoms with Crippen LogP contribution in [0.4, 0.5) is 0 Å². The molecule has 0 spiro atoms. The summed E-state index contributed by atoms with van der Waals surface area (Å²) >= 11 is 1.53. The highest BCUT2D eigenvalue weighted by Crippen LogP contribution is 2.37. The van der Waals surface area contributed by atoms with Crippen molar-refractivity contribution in [1.29, 1.82) is 0 Å². The van der Waals surface area contributed by atoms with Crippen LogP contribution < -0.4 is 0 Å². The van der Waals surface area contributed by atoms with Crippen LogP contribution in [0.5, 0.6) is 0 Å². The largest absolute Gasteiger partial charge is 0.395 e. The van der Waals surface area contributed by atoms with Gasteiger partial charge in [-0.3, -0.25) is 0 Å². The molecule has 6 heteroatoms. The monoisotopic (exact) mass is 227 g/mol. The molecule has 1 saturated heterocycles. The summed E-state index contributed by atoms with van der Waals surface area (Å²) in [6, 6.07) is 0. The molecule has 5 nitrogen and oxygen atoms in total. The molecular formula is C9H13N3O2S. The molecule has 1 fully saturated rings. The lowest BCUT2D eigenvalue weighted by molar-refractivity contribution is 0.136. The number of hydrogen-bond acceptors (Lipinski definition) is 6. The second-order valence-electron chi connectivity index (χ2n) is 3.45. The van der Waals surface area contributed by atoms with Gasteiger partial charge in [-0.2, -0.15) is 0 Å². The van der Waals surface area contributed by atoms with Crippen LogP contribution in [0, 0.1) is 0 Å². The highest BCUT2D eigenvalue weighted by atomic mass is 32.2. The molecule has 2 rings (SSSR count). The average Bonchev–Trinajstić information content (AvgIpc) is 2.60. The summed E-state index contributed by atoms with van der Waals surface area (Å²) in [6.07, 6.45) is 3.21. The number of hydrogen-bond donors (Lipinski definition) is 2. The van der Waals surface area contributed by atoms with Crippen molar-refractivity contribution < 1.29 is 10.2 Å². The van der Waals surface area contributed by atoms with Gasteiger partial charge in [0.25, 0.3) is 0 Å². The minimum absolute atomic E-state index is 0.0109. The molecule has 1 unspecified atom stereocenters. The summed E-state index contributed by atoms with van der Waals surface area (Å²) in [4.78, 5) is 9.73. The molecule has 82 valence electrons. The standard InChI is InChI=1S/C9H13N3O2S/c1-6-11-4-10-5-12(6)9-2-7(14)8(3-13)15-9/h4-5,7-9,13-14H,1-3H2/t7?,8-,9-/m1/s1. The molecule has 15 heavy (non-hydrogen) atoms. The smallest absolute Gasteiger partial charge is 0.129 e. The van der Waals surface area contributed by atoms with Gasteiger partial charge in [0.2, 0.25) is 0 Å². The lowest BCUT2D eigenvalue weighted by Crippen LogP contribution is -2.30. The van der Waals surface area contributed by atoms with Crippen molar-refractivity contribution in [3.05, 3.63) is 12.4 Å². The zero-order valence-electron chi connectivity index (χ0n) is 8.15. The molecule has 0 aromatic carbocycles. The van der Waals surface area contributed by atoms with Crippen molar-refractivity contribution in [1.82, 2.24) is 4.90 Å². The molecule has 0 saturated carbocycles. The fraction of sp³-hybridized carbons (Fsp3) is 0.556. The van der Waals surface area contributed by atoms with Crippen LogP contribution in [-0.4, -0.2) is 51.1 Å². The van der Waals surface area contributed by atoms with E-state index < -0.39 is 6.10 Å². The van der Waals surface area contributed by atoms with Crippen molar-refractivity contribution in [3.63, 3.8) is 0 Å². The van der Waals surface area contributed by atoms with E-state index in [0.717, 1.165) is 0 Å². The van der Waals surface area contributed by atoms with Gasteiger partial charge in [-0.1, -0.05) is 6.58 Å². The first-order valence-corrected chi connectivity index (χ1v) is 5.64. The van der Waals surface area contributed by atoms with E-state index in [1.807, 2.05) is 4.90 Å². The molecular weight excluding hydrogens is 214 g/mol. The minimum atomic E-state index is -0.475. The molecule has 2 N–H and O–H groups in total. The predicted molar refractivity (Wildman–Crippen MR) is 60.8 cm³/mol. The Kier molecular flexibility index (Phi) is 3.08. The average molecular weight is 227 g/mol. The summed E-state index contributed by atoms with van der Waals surface area (Å²) in [5.41, 5.74) is 0. The third-order valence-electron chi connectivity index (χ3n) is 2.46. The quantitative estimate of drug-likeness (QED) is 0.697. The zero-order chi connectivity index (χ0) is 10.8. The molecule has 0 aromatic heterocycles. The summed E-state index contributed by atoms with van der Waals surface area (Å²) in [5.74, 6) is 0.619. The number of rotatable bonds is 2. The van der Waals surface area contributed by atoms with Crippen molar-refractivity contribution in [2.75, 3.05) is 6.61 Å². The topological polar surface area (TPSA) is 68.4 Å². The maximum absolute atomic E-state index is 9.66. The van der Waals surface area contributed by atoms with Crippen LogP contribution in [0.25, 0.3) is 0 Å². The van der Waals surface area contributed by atoms with E-state index in [1.54, 1.807) is 6.34 Å². The van der Waals surface area contributed by atoms with Crippen molar-refractivity contribution >= 4 is 24.4 Å². The van der Waals surface area contributed by atoms with Crippen LogP contribution in [-0.2, 0) is 0 Å². The molecule has 2 aliphatic rings. The summed E-state index contributed by atoms with van der Waals surface area (Å²) < 4.78 is 0. The molecule has 2 heterocycles. The first-order valence-electron chi connectivity index (χ1n) is 4.70. The molecule has 0 aliphatic carbocycles. The molecule has 0 radical (unpaired) electrons. The Labute approximate surface area is 92.2 Å². The van der Waals surface area contributed by atoms with E-state index in [-0.39, 0.29) is 17.2 Å². The van der Waals surface area contributed by atoms with Crippen molar-refractivity contribution in [2.24, 2.45) is 9.98 Å². The van der Waals surface area contributed by atoms with Crippen molar-refractivity contribution in [2.45, 2.75) is 23.1 Å². The van der Waals surface area contributed by atoms with Gasteiger partial charge in [0.05, 0.1) is 29.7 Å². The highest BCUT2D eigenvalue weighted by molar-refractivity contribution is 8.00. The van der Waals surface area contributed by atoms with Crippen LogP contribution >= 0.6 is 11.8 Å². The van der Waals surface area contributed by atoms with Crippen LogP contribution in [0.15, 0.2) is 22.4 Å². The fourth-order valence-electron chi connectivity index (χ4n) is 1.63. The SMILES string of the molecule is C=C1N=CN=CN1[C@H]1CC(O)[C@@H](CO)S1. The van der Waals surface area contributed by atoms with Crippen LogP contribution in [0.1, 0.15) is 6.42 Å². The molecule has 3 atom stereocenters. The third kappa shape index (κ3) is 2.06. The van der Waals surface area contributed by atoms with Crippen LogP contribution in [0.2, 0.25) is 0 Å². The number of aliphatic hydroxyl groups is 2. The van der Waals surface area contributed by atoms with Gasteiger partial charge in [0.15, 0.2) is 0 Å². The first kappa shape index (κ1) is 10.7. The summed E-state index contributed by atoms with van der Waals surface area (Å²) in [5, 5.41) is 18.6. The maximum atomic E-state index is 9.66. The molecule has 0 aromatic rings. The van der Waals surface area contributed by atoms with E-state index >= 15 is 0 Å². The second-order valence-corrected chi connectivity index (χ2v) is 4.87. The van der Waals surface area contributed by atoms with Gasteiger partial charge in [-0.15, -0.1) is 11.8 Å². The summed E-state index contributed by atoms with van der Waals surface area (Å²) in [6.45, 7) is 3.78. The maximum Gasteiger partial charge on any atom is 0.129 e. The zero-order valence-corrected chi connectivity index (χ0v) is 8.97. The van der Waals surface area contributed by atoms with E-state index in [2.05, 4.69) is 16.6 Å². The lowest BCUT2D eigenvalue weighted by Gasteiger charge is -2.26. The lowest BCUT2D eigenvalue weighted by atomic mass is 10.2. The molecule has 0 amide bonds. The Balaban J connectivity index is 2.04. The summed E-state index contributed by atoms with van der Waals surface area (Å²) in [7, 11) is 0. The number of aliphatic imine (C=N–C) groups is 2. The van der Waals surface area contributed by atoms with Gasteiger partial charge in [-0.05, 0) is 0 Å². The Morgan fingerprint density at radius 1 is 1.67 bits per heavy atom. The van der Waals surface area contributed by atoms with Gasteiger partial charge in [-0.25, -0.2) is 9.98 Å². The van der Waals surface area contributed by atoms with Gasteiger partial charge in [0, 0.05) is 6.42 Å². The second kappa shape index (κ2) is 4.34. The van der Waals surface area contributed by atoms with Crippen molar-refractivity contribution in [3.8, 4) is 0 Å². The molecule has 2 aliphatic heterocycles. The third-order valence-corrected chi connectivity index (χ3v) is 4.00. The van der Waals surface area contributed by atoms with E-state index in [9.17, 15) is 5.11 Å². The van der Waals surface area contributed by atoms with E-state index in [0.29, 0.717) is 12.2 Å². The number of nitrogens with zero attached hydrogens (tertiary/aromatic N) is 3. The Bertz CT molecular complexity index is 318. The Morgan fingerprint density at radius 3 is 3.07 bits per heavy atom. The molecule has 0 bridgehead atoms. The normalized spacial score (nSPS) is 35.2. The van der Waals surface area contributed by atoms with Gasteiger partial charge < -0.3 is 15.1 Å². The predicted octanol–water partition coefficient (Wildman–Crippen LogP) is 0.0146. The Morgan fingerprint density at radius 2 is 2.47 bits per heavy atom. The fourth-order valence-corrected chi connectivity index (χ4v) is 3.02. The van der Waals surface area contributed by atoms with Gasteiger partial charge in [0.1, 0.15) is 12.2 Å². The van der Waals surface area contributed by atoms with E-state index in [4.69, 9.17) is 5.11 Å².